The first kappa shape index (κ1) is 25.8. The maximum Gasteiger partial charge on any atom is -0.00271 e. The van der Waals surface area contributed by atoms with Crippen molar-refractivity contribution in [2.75, 3.05) is 0 Å². The summed E-state index contributed by atoms with van der Waals surface area (Å²) >= 11 is 0. The maximum atomic E-state index is 2.74. The van der Waals surface area contributed by atoms with E-state index in [0.29, 0.717) is 27.1 Å². The van der Waals surface area contributed by atoms with Crippen LogP contribution < -0.4 is 0 Å². The third-order valence-electron chi connectivity index (χ3n) is 11.8. The Morgan fingerprint density at radius 3 is 1.80 bits per heavy atom. The van der Waals surface area contributed by atoms with E-state index in [2.05, 4.69) is 60.3 Å². The molecule has 0 amide bonds. The summed E-state index contributed by atoms with van der Waals surface area (Å²) in [4.78, 5) is 0. The van der Waals surface area contributed by atoms with Crippen LogP contribution in [0.5, 0.6) is 0 Å². The van der Waals surface area contributed by atoms with Crippen molar-refractivity contribution in [1.82, 2.24) is 0 Å². The van der Waals surface area contributed by atoms with Crippen molar-refractivity contribution in [3.8, 4) is 11.8 Å². The molecule has 7 atom stereocenters. The monoisotopic (exact) mass is 414 g/mol. The van der Waals surface area contributed by atoms with Gasteiger partial charge in [0.2, 0.25) is 0 Å². The summed E-state index contributed by atoms with van der Waals surface area (Å²) in [5.74, 6) is 8.17. The van der Waals surface area contributed by atoms with E-state index in [0.717, 1.165) is 17.8 Å². The summed E-state index contributed by atoms with van der Waals surface area (Å²) in [5, 5.41) is 0. The molecule has 0 saturated heterocycles. The van der Waals surface area contributed by atoms with Gasteiger partial charge in [-0.1, -0.05) is 68.7 Å². The van der Waals surface area contributed by atoms with Gasteiger partial charge in [-0.05, 0) is 110 Å². The Kier molecular flexibility index (Phi) is 7.60. The Morgan fingerprint density at radius 1 is 0.667 bits per heavy atom. The summed E-state index contributed by atoms with van der Waals surface area (Å²) in [7, 11) is 0. The van der Waals surface area contributed by atoms with Crippen LogP contribution in [0.25, 0.3) is 0 Å². The van der Waals surface area contributed by atoms with Crippen LogP contribution in [0.3, 0.4) is 0 Å². The highest BCUT2D eigenvalue weighted by atomic mass is 14.7. The minimum absolute atomic E-state index is 0.533. The van der Waals surface area contributed by atoms with Gasteiger partial charge in [-0.2, -0.15) is 0 Å². The van der Waals surface area contributed by atoms with Crippen molar-refractivity contribution in [2.45, 2.75) is 134 Å². The molecule has 4 aliphatic rings. The molecule has 0 bridgehead atoms. The standard InChI is InChI=1S/C24H42.C4H6.C2H6/c1-17-9-15-22(5)18(20(17,2)3)11-16-23(6)19(22)10-14-21(4)12-8-13-24(21,23)7;1-3-4-2;1-2/h17-19H,8-16H2,1-7H3;1-2H3;1-2H3/t17?,18?,19?,21?,22?,23?,24-;;/m1../s1. The number of hydrogen-bond acceptors (Lipinski definition) is 0. The van der Waals surface area contributed by atoms with E-state index in [1.54, 1.807) is 0 Å². The summed E-state index contributed by atoms with van der Waals surface area (Å²) in [6, 6.07) is 0. The summed E-state index contributed by atoms with van der Waals surface area (Å²) in [6.07, 6.45) is 13.4. The zero-order valence-electron chi connectivity index (χ0n) is 22.6. The molecular weight excluding hydrogens is 360 g/mol. The van der Waals surface area contributed by atoms with E-state index in [9.17, 15) is 0 Å². The van der Waals surface area contributed by atoms with Crippen LogP contribution in [0.15, 0.2) is 0 Å². The fraction of sp³-hybridized carbons (Fsp3) is 0.933. The van der Waals surface area contributed by atoms with Crippen molar-refractivity contribution >= 4 is 0 Å². The van der Waals surface area contributed by atoms with Crippen molar-refractivity contribution in [3.63, 3.8) is 0 Å². The average Bonchev–Trinajstić information content (AvgIpc) is 3.03. The molecule has 0 aliphatic heterocycles. The van der Waals surface area contributed by atoms with Crippen LogP contribution in [-0.4, -0.2) is 0 Å². The van der Waals surface area contributed by atoms with E-state index in [-0.39, 0.29) is 0 Å². The lowest BCUT2D eigenvalue weighted by Crippen LogP contribution is -2.64. The normalized spacial score (nSPS) is 48.2. The molecule has 0 aromatic heterocycles. The van der Waals surface area contributed by atoms with Crippen molar-refractivity contribution in [2.24, 2.45) is 44.8 Å². The van der Waals surface area contributed by atoms with Gasteiger partial charge >= 0.3 is 0 Å². The molecule has 0 heterocycles. The first-order valence-corrected chi connectivity index (χ1v) is 13.3. The predicted molar refractivity (Wildman–Crippen MR) is 134 cm³/mol. The number of hydrogen-bond donors (Lipinski definition) is 0. The predicted octanol–water partition coefficient (Wildman–Crippen LogP) is 9.53. The van der Waals surface area contributed by atoms with Gasteiger partial charge in [-0.3, -0.25) is 0 Å². The average molecular weight is 415 g/mol. The summed E-state index contributed by atoms with van der Waals surface area (Å²) in [6.45, 7) is 26.2. The van der Waals surface area contributed by atoms with Gasteiger partial charge in [0.05, 0.1) is 0 Å². The molecule has 4 aliphatic carbocycles. The lowest BCUT2D eigenvalue weighted by Gasteiger charge is -2.71. The molecule has 0 heteroatoms. The van der Waals surface area contributed by atoms with Crippen LogP contribution in [0, 0.1) is 56.7 Å². The zero-order chi connectivity index (χ0) is 23.0. The summed E-state index contributed by atoms with van der Waals surface area (Å²) < 4.78 is 0. The van der Waals surface area contributed by atoms with E-state index in [1.165, 1.54) is 57.8 Å². The molecular formula is C30H54. The first-order chi connectivity index (χ1) is 13.9. The molecule has 0 N–H and O–H groups in total. The Balaban J connectivity index is 0.000000481. The molecule has 174 valence electrons. The molecule has 4 saturated carbocycles. The Hall–Kier alpha value is -0.440. The molecule has 6 unspecified atom stereocenters. The van der Waals surface area contributed by atoms with Crippen LogP contribution in [0.2, 0.25) is 0 Å². The smallest absolute Gasteiger partial charge is 0.00271 e. The molecule has 30 heavy (non-hydrogen) atoms. The minimum Gasteiger partial charge on any atom is -0.107 e. The highest BCUT2D eigenvalue weighted by Gasteiger charge is 2.69. The SMILES string of the molecule is CC.CC#CC.CC1CCC2(C)C(CCC3(C)C2CCC2(C)CCC[C@]23C)C1(C)C. The van der Waals surface area contributed by atoms with Gasteiger partial charge in [0.1, 0.15) is 0 Å². The Bertz CT molecular complexity index is 641. The third-order valence-corrected chi connectivity index (χ3v) is 11.8. The quantitative estimate of drug-likeness (QED) is 0.346. The fourth-order valence-corrected chi connectivity index (χ4v) is 9.29. The van der Waals surface area contributed by atoms with Gasteiger partial charge < -0.3 is 0 Å². The van der Waals surface area contributed by atoms with Crippen LogP contribution >= 0.6 is 0 Å². The van der Waals surface area contributed by atoms with Gasteiger partial charge in [0.25, 0.3) is 0 Å². The van der Waals surface area contributed by atoms with E-state index >= 15 is 0 Å². The molecule has 0 spiro atoms. The highest BCUT2D eigenvalue weighted by molar-refractivity contribution is 5.18. The molecule has 4 fully saturated rings. The Morgan fingerprint density at radius 2 is 1.23 bits per heavy atom. The number of rotatable bonds is 0. The maximum absolute atomic E-state index is 2.74. The molecule has 0 nitrogen and oxygen atoms in total. The lowest BCUT2D eigenvalue weighted by atomic mass is 9.33. The third kappa shape index (κ3) is 3.50. The minimum atomic E-state index is 0.533. The molecule has 0 aromatic carbocycles. The molecule has 0 radical (unpaired) electrons. The zero-order valence-corrected chi connectivity index (χ0v) is 22.6. The fourth-order valence-electron chi connectivity index (χ4n) is 9.29. The lowest BCUT2D eigenvalue weighted by molar-refractivity contribution is -0.226. The van der Waals surface area contributed by atoms with Gasteiger partial charge in [-0.25, -0.2) is 0 Å². The summed E-state index contributed by atoms with van der Waals surface area (Å²) in [5.41, 5.74) is 2.92. The van der Waals surface area contributed by atoms with E-state index in [4.69, 9.17) is 0 Å². The van der Waals surface area contributed by atoms with Crippen LogP contribution in [-0.2, 0) is 0 Å². The van der Waals surface area contributed by atoms with Crippen molar-refractivity contribution in [3.05, 3.63) is 0 Å². The second-order valence-electron chi connectivity index (χ2n) is 12.6. The van der Waals surface area contributed by atoms with Gasteiger partial charge in [0.15, 0.2) is 0 Å². The van der Waals surface area contributed by atoms with Crippen LogP contribution in [0.4, 0.5) is 0 Å². The Labute approximate surface area is 190 Å². The largest absolute Gasteiger partial charge is 0.107 e. The second kappa shape index (κ2) is 8.83. The molecule has 4 rings (SSSR count). The topological polar surface area (TPSA) is 0 Å². The highest BCUT2D eigenvalue weighted by Crippen LogP contribution is 2.77. The van der Waals surface area contributed by atoms with Crippen molar-refractivity contribution in [1.29, 1.82) is 0 Å². The van der Waals surface area contributed by atoms with Crippen molar-refractivity contribution < 1.29 is 0 Å². The van der Waals surface area contributed by atoms with Crippen LogP contribution in [0.1, 0.15) is 134 Å². The van der Waals surface area contributed by atoms with Gasteiger partial charge in [0, 0.05) is 0 Å². The number of fused-ring (bicyclic) bond motifs is 5. The van der Waals surface area contributed by atoms with E-state index in [1.807, 2.05) is 27.7 Å². The second-order valence-corrected chi connectivity index (χ2v) is 12.6. The molecule has 0 aromatic rings. The first-order valence-electron chi connectivity index (χ1n) is 13.3. The van der Waals surface area contributed by atoms with Gasteiger partial charge in [-0.15, -0.1) is 11.8 Å². The van der Waals surface area contributed by atoms with E-state index < -0.39 is 0 Å².